The number of rotatable bonds is 0. The van der Waals surface area contributed by atoms with Crippen molar-refractivity contribution in [3.8, 4) is 0 Å². The molecule has 0 aromatic heterocycles. The first-order chi connectivity index (χ1) is 1.41. The molecule has 0 heterocycles. The Morgan fingerprint density at radius 1 is 1.75 bits per heavy atom. The summed E-state index contributed by atoms with van der Waals surface area (Å²) in [6.07, 6.45) is 0.250. The van der Waals surface area contributed by atoms with Gasteiger partial charge in [-0.15, -0.1) is 0 Å². The average Bonchev–Trinajstić information content (AvgIpc) is 0.918. The van der Waals surface area contributed by atoms with E-state index in [0.29, 0.717) is 0 Å². The minimum Gasteiger partial charge on any atom is -0.216 e. The van der Waals surface area contributed by atoms with E-state index in [2.05, 4.69) is 6.58 Å². The molecule has 0 aliphatic heterocycles. The molecule has 0 aromatic rings. The van der Waals surface area contributed by atoms with Crippen molar-refractivity contribution in [2.24, 2.45) is 0 Å². The fraction of sp³-hybridized carbons (Fsp3) is 0. The van der Waals surface area contributed by atoms with Gasteiger partial charge < -0.3 is 0 Å². The second-order valence-electron chi connectivity index (χ2n) is 0.154. The molecule has 4 heavy (non-hydrogen) atoms. The largest absolute Gasteiger partial charge is 0.216 e. The van der Waals surface area contributed by atoms with Gasteiger partial charge in [-0.05, 0) is 0 Å². The Kier molecular flexibility index (Phi) is 22.4. The molecule has 24 valence electrons. The van der Waals surface area contributed by atoms with E-state index in [-0.39, 0.29) is 27.4 Å². The van der Waals surface area contributed by atoms with Crippen LogP contribution in [0.1, 0.15) is 0 Å². The molecule has 0 aliphatic carbocycles. The van der Waals surface area contributed by atoms with E-state index >= 15 is 0 Å². The van der Waals surface area contributed by atoms with E-state index < -0.39 is 0 Å². The number of hydrogen-bond acceptors (Lipinski definition) is 0. The molecule has 0 atom stereocenters. The summed E-state index contributed by atoms with van der Waals surface area (Å²) in [7, 11) is 0. The monoisotopic (exact) mass is 230 g/mol. The molecule has 0 bridgehead atoms. The van der Waals surface area contributed by atoms with Crippen LogP contribution in [0.3, 0.4) is 0 Å². The normalized spacial score (nSPS) is 3.25. The Morgan fingerprint density at radius 3 is 1.75 bits per heavy atom. The molecule has 0 saturated carbocycles. The second-order valence-corrected chi connectivity index (χ2v) is 0.154. The van der Waals surface area contributed by atoms with Gasteiger partial charge in [0.25, 0.3) is 0 Å². The molecule has 0 unspecified atom stereocenters. The van der Waals surface area contributed by atoms with Crippen LogP contribution in [0.4, 0.5) is 4.39 Å². The van der Waals surface area contributed by atoms with Gasteiger partial charge in [-0.2, -0.15) is 0 Å². The Morgan fingerprint density at radius 2 is 1.75 bits per heavy atom. The smallest absolute Gasteiger partial charge is 0.0795 e. The minimum absolute atomic E-state index is 0. The van der Waals surface area contributed by atoms with Crippen molar-refractivity contribution in [3.05, 3.63) is 12.9 Å². The fourth-order valence-corrected chi connectivity index (χ4v) is 0. The standard InChI is InChI=1S/C2H3F.W/c1-2-3;/h2H,1H2;. The first kappa shape index (κ1) is 8.84. The molecule has 0 aromatic carbocycles. The van der Waals surface area contributed by atoms with E-state index in [9.17, 15) is 4.39 Å². The van der Waals surface area contributed by atoms with Crippen molar-refractivity contribution in [2.45, 2.75) is 0 Å². The third-order valence-corrected chi connectivity index (χ3v) is 0. The van der Waals surface area contributed by atoms with Crippen LogP contribution < -0.4 is 0 Å². The van der Waals surface area contributed by atoms with Gasteiger partial charge in [0.1, 0.15) is 0 Å². The van der Waals surface area contributed by atoms with Gasteiger partial charge in [-0.1, -0.05) is 6.58 Å². The van der Waals surface area contributed by atoms with Crippen LogP contribution in [-0.2, 0) is 21.1 Å². The summed E-state index contributed by atoms with van der Waals surface area (Å²) < 4.78 is 10.1. The van der Waals surface area contributed by atoms with Crippen molar-refractivity contribution < 1.29 is 25.5 Å². The molecule has 0 N–H and O–H groups in total. The zero-order valence-electron chi connectivity index (χ0n) is 2.07. The summed E-state index contributed by atoms with van der Waals surface area (Å²) in [5, 5.41) is 0. The summed E-state index contributed by atoms with van der Waals surface area (Å²) in [5.41, 5.74) is 0. The average molecular weight is 230 g/mol. The van der Waals surface area contributed by atoms with E-state index in [1.54, 1.807) is 0 Å². The van der Waals surface area contributed by atoms with Crippen molar-refractivity contribution in [1.82, 2.24) is 0 Å². The molecule has 2 heteroatoms. The maximum absolute atomic E-state index is 10.1. The van der Waals surface area contributed by atoms with Crippen LogP contribution in [-0.4, -0.2) is 0 Å². The molecular weight excluding hydrogens is 227 g/mol. The Labute approximate surface area is 39.0 Å². The van der Waals surface area contributed by atoms with Crippen molar-refractivity contribution in [1.29, 1.82) is 0 Å². The first-order valence-electron chi connectivity index (χ1n) is 0.626. The van der Waals surface area contributed by atoms with Gasteiger partial charge in [0, 0.05) is 21.1 Å². The molecule has 0 fully saturated rings. The van der Waals surface area contributed by atoms with Gasteiger partial charge in [0.2, 0.25) is 0 Å². The molecule has 0 saturated heterocycles. The van der Waals surface area contributed by atoms with Crippen molar-refractivity contribution in [2.75, 3.05) is 0 Å². The Bertz CT molecular complexity index is 13.5. The SMILES string of the molecule is C=CF.[W]. The Balaban J connectivity index is 0. The first-order valence-corrected chi connectivity index (χ1v) is 0.626. The molecule has 0 rings (SSSR count). The van der Waals surface area contributed by atoms with Gasteiger partial charge >= 0.3 is 0 Å². The van der Waals surface area contributed by atoms with Crippen molar-refractivity contribution in [3.63, 3.8) is 0 Å². The molecule has 0 nitrogen and oxygen atoms in total. The van der Waals surface area contributed by atoms with E-state index in [1.165, 1.54) is 0 Å². The molecular formula is C2H3FW. The van der Waals surface area contributed by atoms with E-state index in [4.69, 9.17) is 0 Å². The maximum atomic E-state index is 10.1. The third-order valence-electron chi connectivity index (χ3n) is 0. The van der Waals surface area contributed by atoms with Gasteiger partial charge in [-0.3, -0.25) is 0 Å². The quantitative estimate of drug-likeness (QED) is 0.584. The molecule has 0 aliphatic rings. The molecule has 0 radical (unpaired) electrons. The van der Waals surface area contributed by atoms with Crippen LogP contribution in [0, 0.1) is 0 Å². The Hall–Kier alpha value is 0.358. The third kappa shape index (κ3) is 33.9. The predicted octanol–water partition coefficient (Wildman–Crippen LogP) is 1.10. The van der Waals surface area contributed by atoms with Crippen LogP contribution in [0.25, 0.3) is 0 Å². The van der Waals surface area contributed by atoms with E-state index in [1.807, 2.05) is 0 Å². The molecule has 0 spiro atoms. The summed E-state index contributed by atoms with van der Waals surface area (Å²) >= 11 is 0. The van der Waals surface area contributed by atoms with Crippen LogP contribution in [0.2, 0.25) is 0 Å². The predicted molar refractivity (Wildman–Crippen MR) is 11.3 cm³/mol. The zero-order chi connectivity index (χ0) is 2.71. The topological polar surface area (TPSA) is 0 Å². The van der Waals surface area contributed by atoms with Gasteiger partial charge in [0.05, 0.1) is 6.33 Å². The summed E-state index contributed by atoms with van der Waals surface area (Å²) in [6, 6.07) is 0. The minimum atomic E-state index is 0. The summed E-state index contributed by atoms with van der Waals surface area (Å²) in [5.74, 6) is 0. The van der Waals surface area contributed by atoms with Crippen LogP contribution in [0.15, 0.2) is 12.9 Å². The van der Waals surface area contributed by atoms with Gasteiger partial charge in [-0.25, -0.2) is 4.39 Å². The summed E-state index contributed by atoms with van der Waals surface area (Å²) in [4.78, 5) is 0. The number of hydrogen-bond donors (Lipinski definition) is 0. The van der Waals surface area contributed by atoms with Crippen molar-refractivity contribution >= 4 is 0 Å². The van der Waals surface area contributed by atoms with E-state index in [0.717, 1.165) is 0 Å². The number of halogens is 1. The maximum Gasteiger partial charge on any atom is 0.0795 e. The molecule has 0 amide bonds. The van der Waals surface area contributed by atoms with Gasteiger partial charge in [0.15, 0.2) is 0 Å². The second kappa shape index (κ2) is 10.1. The fourth-order valence-electron chi connectivity index (χ4n) is 0. The summed E-state index contributed by atoms with van der Waals surface area (Å²) in [6.45, 7) is 2.69. The van der Waals surface area contributed by atoms with Crippen LogP contribution in [0.5, 0.6) is 0 Å². The van der Waals surface area contributed by atoms with Crippen LogP contribution >= 0.6 is 0 Å². The zero-order valence-corrected chi connectivity index (χ0v) is 5.00.